The summed E-state index contributed by atoms with van der Waals surface area (Å²) in [5, 5.41) is 11.3. The Balaban J connectivity index is 2.06. The minimum Gasteiger partial charge on any atom is -0.375 e. The second-order valence-electron chi connectivity index (χ2n) is 6.94. The smallest absolute Gasteiger partial charge is 0.264 e. The highest BCUT2D eigenvalue weighted by Gasteiger charge is 2.50. The van der Waals surface area contributed by atoms with Crippen LogP contribution in [0.5, 0.6) is 0 Å². The van der Waals surface area contributed by atoms with E-state index >= 15 is 0 Å². The monoisotopic (exact) mass is 415 g/mol. The normalized spacial score (nSPS) is 19.0. The van der Waals surface area contributed by atoms with E-state index in [0.717, 1.165) is 21.2 Å². The van der Waals surface area contributed by atoms with Crippen molar-refractivity contribution in [3.05, 3.63) is 62.6 Å². The van der Waals surface area contributed by atoms with Crippen LogP contribution in [0.4, 0.5) is 5.69 Å². The number of halogens is 1. The summed E-state index contributed by atoms with van der Waals surface area (Å²) in [7, 11) is 0. The first kappa shape index (κ1) is 18.8. The highest BCUT2D eigenvalue weighted by molar-refractivity contribution is 9.10. The molecule has 1 atom stereocenters. The number of fused-ring (bicyclic) bond motifs is 1. The van der Waals surface area contributed by atoms with Crippen LogP contribution in [0.15, 0.2) is 34.8 Å². The third kappa shape index (κ3) is 2.89. The summed E-state index contributed by atoms with van der Waals surface area (Å²) in [6.45, 7) is 8.04. The lowest BCUT2D eigenvalue weighted by atomic mass is 9.85. The van der Waals surface area contributed by atoms with Crippen molar-refractivity contribution in [2.75, 3.05) is 11.4 Å². The number of aliphatic hydroxyl groups is 1. The summed E-state index contributed by atoms with van der Waals surface area (Å²) in [6.07, 6.45) is -0.267. The molecule has 0 fully saturated rings. The van der Waals surface area contributed by atoms with Gasteiger partial charge in [-0.1, -0.05) is 33.6 Å². The number of nitrogens with zero attached hydrogens (tertiary/aromatic N) is 1. The van der Waals surface area contributed by atoms with Gasteiger partial charge in [0.05, 0.1) is 12.1 Å². The molecular formula is C21H22BrNO3. The molecule has 26 heavy (non-hydrogen) atoms. The fourth-order valence-corrected chi connectivity index (χ4v) is 4.31. The number of carbonyl (C=O) groups is 2. The van der Waals surface area contributed by atoms with Gasteiger partial charge in [-0.2, -0.15) is 0 Å². The molecule has 2 aromatic carbocycles. The molecule has 2 aromatic rings. The van der Waals surface area contributed by atoms with Crippen LogP contribution in [0.1, 0.15) is 46.0 Å². The Labute approximate surface area is 162 Å². The molecule has 136 valence electrons. The first-order valence-electron chi connectivity index (χ1n) is 8.64. The van der Waals surface area contributed by atoms with E-state index in [2.05, 4.69) is 15.9 Å². The van der Waals surface area contributed by atoms with Crippen LogP contribution in [0.25, 0.3) is 0 Å². The van der Waals surface area contributed by atoms with Crippen molar-refractivity contribution in [2.45, 2.75) is 39.7 Å². The van der Waals surface area contributed by atoms with Crippen molar-refractivity contribution in [3.8, 4) is 0 Å². The first-order chi connectivity index (χ1) is 12.2. The number of hydrogen-bond donors (Lipinski definition) is 1. The van der Waals surface area contributed by atoms with E-state index in [1.165, 1.54) is 4.90 Å². The number of hydrogen-bond acceptors (Lipinski definition) is 3. The molecule has 0 saturated heterocycles. The standard InChI is InChI=1S/C21H22BrNO3/c1-5-23-17-7-6-15(22)10-16(17)21(26,20(23)25)11-18(24)19-13(3)8-12(2)9-14(19)4/h6-10,26H,5,11H2,1-4H3/t21-/m1/s1. The Kier molecular flexibility index (Phi) is 4.80. The Hall–Kier alpha value is -1.98. The van der Waals surface area contributed by atoms with Crippen molar-refractivity contribution in [2.24, 2.45) is 0 Å². The minimum atomic E-state index is -1.84. The maximum atomic E-state index is 13.1. The number of ketones is 1. The average molecular weight is 416 g/mol. The van der Waals surface area contributed by atoms with Crippen molar-refractivity contribution < 1.29 is 14.7 Å². The SMILES string of the molecule is CCN1C(=O)[C@@](O)(CC(=O)c2c(C)cc(C)cc2C)c2cc(Br)ccc21. The summed E-state index contributed by atoms with van der Waals surface area (Å²) in [6, 6.07) is 9.25. The van der Waals surface area contributed by atoms with Gasteiger partial charge in [0.1, 0.15) is 0 Å². The van der Waals surface area contributed by atoms with Gasteiger partial charge < -0.3 is 10.0 Å². The van der Waals surface area contributed by atoms with Crippen molar-refractivity contribution in [1.29, 1.82) is 0 Å². The van der Waals surface area contributed by atoms with E-state index in [4.69, 9.17) is 0 Å². The number of rotatable bonds is 4. The largest absolute Gasteiger partial charge is 0.375 e. The lowest BCUT2D eigenvalue weighted by molar-refractivity contribution is -0.135. The molecule has 1 amide bonds. The fourth-order valence-electron chi connectivity index (χ4n) is 3.95. The maximum Gasteiger partial charge on any atom is 0.264 e. The van der Waals surface area contributed by atoms with Gasteiger partial charge in [-0.15, -0.1) is 0 Å². The van der Waals surface area contributed by atoms with E-state index in [-0.39, 0.29) is 12.2 Å². The summed E-state index contributed by atoms with van der Waals surface area (Å²) >= 11 is 3.39. The number of likely N-dealkylation sites (N-methyl/N-ethyl adjacent to an activating group) is 1. The van der Waals surface area contributed by atoms with E-state index in [0.29, 0.717) is 23.4 Å². The predicted molar refractivity (Wildman–Crippen MR) is 106 cm³/mol. The van der Waals surface area contributed by atoms with Crippen LogP contribution in [-0.2, 0) is 10.4 Å². The average Bonchev–Trinajstić information content (AvgIpc) is 2.74. The number of aryl methyl sites for hydroxylation is 3. The number of amides is 1. The molecule has 0 bridgehead atoms. The van der Waals surface area contributed by atoms with Gasteiger partial charge in [0.25, 0.3) is 5.91 Å². The summed E-state index contributed by atoms with van der Waals surface area (Å²) < 4.78 is 0.760. The van der Waals surface area contributed by atoms with Crippen molar-refractivity contribution in [3.63, 3.8) is 0 Å². The van der Waals surface area contributed by atoms with Crippen LogP contribution < -0.4 is 4.90 Å². The van der Waals surface area contributed by atoms with E-state index in [1.54, 1.807) is 12.1 Å². The Morgan fingerprint density at radius 2 is 1.77 bits per heavy atom. The van der Waals surface area contributed by atoms with Crippen LogP contribution in [0.3, 0.4) is 0 Å². The van der Waals surface area contributed by atoms with Gasteiger partial charge in [-0.05, 0) is 57.0 Å². The summed E-state index contributed by atoms with van der Waals surface area (Å²) in [4.78, 5) is 27.5. The lowest BCUT2D eigenvalue weighted by Crippen LogP contribution is -2.41. The molecule has 3 rings (SSSR count). The van der Waals surface area contributed by atoms with Crippen LogP contribution in [0, 0.1) is 20.8 Å². The molecule has 4 nitrogen and oxygen atoms in total. The minimum absolute atomic E-state index is 0.222. The van der Waals surface area contributed by atoms with Crippen LogP contribution >= 0.6 is 15.9 Å². The molecule has 1 aliphatic rings. The summed E-state index contributed by atoms with van der Waals surface area (Å²) in [5.74, 6) is -0.663. The molecule has 1 aliphatic heterocycles. The van der Waals surface area contributed by atoms with Crippen molar-refractivity contribution >= 4 is 33.3 Å². The molecule has 5 heteroatoms. The van der Waals surface area contributed by atoms with Gasteiger partial charge in [-0.25, -0.2) is 0 Å². The Bertz CT molecular complexity index is 898. The highest BCUT2D eigenvalue weighted by Crippen LogP contribution is 2.44. The molecular weight excluding hydrogens is 394 g/mol. The predicted octanol–water partition coefficient (Wildman–Crippen LogP) is 4.20. The zero-order valence-electron chi connectivity index (χ0n) is 15.4. The second kappa shape index (κ2) is 6.63. The van der Waals surface area contributed by atoms with E-state index in [1.807, 2.05) is 45.9 Å². The Morgan fingerprint density at radius 1 is 1.15 bits per heavy atom. The summed E-state index contributed by atoms with van der Waals surface area (Å²) in [5.41, 5.74) is 2.70. The third-order valence-electron chi connectivity index (χ3n) is 4.98. The Morgan fingerprint density at radius 3 is 2.35 bits per heavy atom. The molecule has 0 radical (unpaired) electrons. The zero-order valence-corrected chi connectivity index (χ0v) is 17.0. The molecule has 1 N–H and O–H groups in total. The van der Waals surface area contributed by atoms with Gasteiger partial charge in [0, 0.05) is 22.1 Å². The van der Waals surface area contributed by atoms with E-state index in [9.17, 15) is 14.7 Å². The van der Waals surface area contributed by atoms with Crippen molar-refractivity contribution in [1.82, 2.24) is 0 Å². The lowest BCUT2D eigenvalue weighted by Gasteiger charge is -2.23. The second-order valence-corrected chi connectivity index (χ2v) is 7.86. The molecule has 1 heterocycles. The number of Topliss-reactive ketones (excluding diaryl/α,β-unsaturated/α-hetero) is 1. The van der Waals surface area contributed by atoms with E-state index < -0.39 is 11.5 Å². The number of carbonyl (C=O) groups excluding carboxylic acids is 2. The molecule has 0 unspecified atom stereocenters. The van der Waals surface area contributed by atoms with Gasteiger partial charge in [0.15, 0.2) is 11.4 Å². The molecule has 0 aromatic heterocycles. The highest BCUT2D eigenvalue weighted by atomic mass is 79.9. The fraction of sp³-hybridized carbons (Fsp3) is 0.333. The molecule has 0 saturated carbocycles. The number of benzene rings is 2. The van der Waals surface area contributed by atoms with Gasteiger partial charge in [0.2, 0.25) is 0 Å². The maximum absolute atomic E-state index is 13.1. The zero-order chi connectivity index (χ0) is 19.2. The van der Waals surface area contributed by atoms with Crippen LogP contribution in [0.2, 0.25) is 0 Å². The molecule has 0 aliphatic carbocycles. The topological polar surface area (TPSA) is 57.6 Å². The van der Waals surface area contributed by atoms with Gasteiger partial charge >= 0.3 is 0 Å². The third-order valence-corrected chi connectivity index (χ3v) is 5.48. The van der Waals surface area contributed by atoms with Gasteiger partial charge in [-0.3, -0.25) is 9.59 Å². The molecule has 0 spiro atoms. The quantitative estimate of drug-likeness (QED) is 0.761. The first-order valence-corrected chi connectivity index (χ1v) is 9.43. The number of anilines is 1. The van der Waals surface area contributed by atoms with Crippen LogP contribution in [-0.4, -0.2) is 23.3 Å².